The first-order valence-electron chi connectivity index (χ1n) is 10.4. The van der Waals surface area contributed by atoms with Crippen LogP contribution in [-0.2, 0) is 9.59 Å². The quantitative estimate of drug-likeness (QED) is 0.648. The summed E-state index contributed by atoms with van der Waals surface area (Å²) in [6.45, 7) is 9.26. The molecule has 5 heteroatoms. The number of likely N-dealkylation sites (tertiary alicyclic amines) is 1. The number of anilines is 1. The molecule has 0 radical (unpaired) electrons. The predicted molar refractivity (Wildman–Crippen MR) is 111 cm³/mol. The van der Waals surface area contributed by atoms with Crippen molar-refractivity contribution in [3.8, 4) is 0 Å². The Hall–Kier alpha value is -1.88. The van der Waals surface area contributed by atoms with Gasteiger partial charge in [0.25, 0.3) is 0 Å². The largest absolute Gasteiger partial charge is 0.356 e. The van der Waals surface area contributed by atoms with E-state index in [0.717, 1.165) is 57.4 Å². The number of piperidine rings is 1. The molecule has 0 saturated carbocycles. The Morgan fingerprint density at radius 1 is 1.15 bits per heavy atom. The normalized spacial score (nSPS) is 16.7. The Bertz CT molecular complexity index is 592. The Balaban J connectivity index is 1.72. The van der Waals surface area contributed by atoms with Crippen molar-refractivity contribution >= 4 is 17.5 Å². The zero-order valence-electron chi connectivity index (χ0n) is 17.1. The Morgan fingerprint density at radius 2 is 1.81 bits per heavy atom. The Labute approximate surface area is 163 Å². The maximum absolute atomic E-state index is 12.3. The molecule has 1 saturated heterocycles. The molecular weight excluding hydrogens is 338 g/mol. The summed E-state index contributed by atoms with van der Waals surface area (Å²) >= 11 is 0. The minimum Gasteiger partial charge on any atom is -0.356 e. The Morgan fingerprint density at radius 3 is 2.41 bits per heavy atom. The topological polar surface area (TPSA) is 61.4 Å². The van der Waals surface area contributed by atoms with Crippen LogP contribution in [0.4, 0.5) is 5.69 Å². The van der Waals surface area contributed by atoms with Gasteiger partial charge in [0.2, 0.25) is 11.8 Å². The molecule has 1 heterocycles. The zero-order valence-corrected chi connectivity index (χ0v) is 17.1. The van der Waals surface area contributed by atoms with Crippen molar-refractivity contribution in [3.63, 3.8) is 0 Å². The number of nitrogens with zero attached hydrogens (tertiary/aromatic N) is 1. The highest BCUT2D eigenvalue weighted by Crippen LogP contribution is 2.21. The molecule has 5 nitrogen and oxygen atoms in total. The van der Waals surface area contributed by atoms with Gasteiger partial charge in [-0.05, 0) is 62.4 Å². The van der Waals surface area contributed by atoms with Gasteiger partial charge >= 0.3 is 0 Å². The van der Waals surface area contributed by atoms with E-state index in [-0.39, 0.29) is 17.7 Å². The van der Waals surface area contributed by atoms with Crippen LogP contribution in [-0.4, -0.2) is 42.9 Å². The summed E-state index contributed by atoms with van der Waals surface area (Å²) in [6.07, 6.45) is 4.89. The molecule has 0 bridgehead atoms. The average molecular weight is 374 g/mol. The second kappa shape index (κ2) is 11.1. The summed E-state index contributed by atoms with van der Waals surface area (Å²) in [5.41, 5.74) is 2.15. The van der Waals surface area contributed by atoms with E-state index in [1.165, 1.54) is 5.56 Å². The molecule has 2 N–H and O–H groups in total. The molecule has 0 spiro atoms. The second-order valence-electron chi connectivity index (χ2n) is 7.67. The van der Waals surface area contributed by atoms with Gasteiger partial charge < -0.3 is 10.6 Å². The van der Waals surface area contributed by atoms with Crippen molar-refractivity contribution in [2.45, 2.75) is 58.8 Å². The van der Waals surface area contributed by atoms with Gasteiger partial charge in [0, 0.05) is 18.2 Å². The number of unbranched alkanes of at least 4 members (excludes halogenated alkanes) is 1. The first kappa shape index (κ1) is 21.4. The van der Waals surface area contributed by atoms with Crippen molar-refractivity contribution in [3.05, 3.63) is 29.8 Å². The number of nitrogens with one attached hydrogen (secondary N) is 2. The minimum absolute atomic E-state index is 0.0112. The molecule has 27 heavy (non-hydrogen) atoms. The van der Waals surface area contributed by atoms with E-state index in [9.17, 15) is 9.59 Å². The molecule has 1 fully saturated rings. The number of amides is 2. The highest BCUT2D eigenvalue weighted by molar-refractivity contribution is 5.92. The summed E-state index contributed by atoms with van der Waals surface area (Å²) < 4.78 is 0. The summed E-state index contributed by atoms with van der Waals surface area (Å²) in [4.78, 5) is 26.6. The number of carbonyl (C=O) groups is 2. The fraction of sp³-hybridized carbons (Fsp3) is 0.636. The summed E-state index contributed by atoms with van der Waals surface area (Å²) in [5, 5.41) is 6.00. The van der Waals surface area contributed by atoms with Crippen LogP contribution in [0.2, 0.25) is 0 Å². The Kier molecular flexibility index (Phi) is 8.79. The SMILES string of the molecule is CCCCNC(=O)C1CCN(CC(=O)Nc2ccc(C(C)CC)cc2)CC1. The van der Waals surface area contributed by atoms with Gasteiger partial charge in [-0.3, -0.25) is 14.5 Å². The monoisotopic (exact) mass is 373 g/mol. The van der Waals surface area contributed by atoms with Crippen LogP contribution in [0, 0.1) is 5.92 Å². The first-order chi connectivity index (χ1) is 13.0. The standard InChI is InChI=1S/C22H35N3O2/c1-4-6-13-23-22(27)19-11-14-25(15-12-19)16-21(26)24-20-9-7-18(8-10-20)17(3)5-2/h7-10,17,19H,4-6,11-16H2,1-3H3,(H,23,27)(H,24,26). The maximum atomic E-state index is 12.3. The lowest BCUT2D eigenvalue weighted by Gasteiger charge is -2.30. The van der Waals surface area contributed by atoms with Crippen LogP contribution in [0.25, 0.3) is 0 Å². The zero-order chi connectivity index (χ0) is 19.6. The number of carbonyl (C=O) groups excluding carboxylic acids is 2. The smallest absolute Gasteiger partial charge is 0.238 e. The number of rotatable bonds is 9. The second-order valence-corrected chi connectivity index (χ2v) is 7.67. The van der Waals surface area contributed by atoms with Gasteiger partial charge in [0.1, 0.15) is 0 Å². The predicted octanol–water partition coefficient (Wildman–Crippen LogP) is 3.77. The maximum Gasteiger partial charge on any atom is 0.238 e. The van der Waals surface area contributed by atoms with E-state index in [1.807, 2.05) is 12.1 Å². The molecule has 1 unspecified atom stereocenters. The fourth-order valence-electron chi connectivity index (χ4n) is 3.42. The number of hydrogen-bond donors (Lipinski definition) is 2. The molecule has 0 aliphatic carbocycles. The third-order valence-corrected chi connectivity index (χ3v) is 5.53. The van der Waals surface area contributed by atoms with Crippen molar-refractivity contribution in [2.75, 3.05) is 31.5 Å². The van der Waals surface area contributed by atoms with E-state index in [0.29, 0.717) is 12.5 Å². The van der Waals surface area contributed by atoms with E-state index in [4.69, 9.17) is 0 Å². The summed E-state index contributed by atoms with van der Waals surface area (Å²) in [6, 6.07) is 8.14. The number of hydrogen-bond acceptors (Lipinski definition) is 3. The molecule has 1 aromatic rings. The number of benzene rings is 1. The summed E-state index contributed by atoms with van der Waals surface area (Å²) in [7, 11) is 0. The van der Waals surface area contributed by atoms with Crippen molar-refractivity contribution in [1.29, 1.82) is 0 Å². The first-order valence-corrected chi connectivity index (χ1v) is 10.4. The molecular formula is C22H35N3O2. The van der Waals surface area contributed by atoms with Crippen LogP contribution in [0.5, 0.6) is 0 Å². The fourth-order valence-corrected chi connectivity index (χ4v) is 3.42. The lowest BCUT2D eigenvalue weighted by molar-refractivity contribution is -0.126. The molecule has 150 valence electrons. The molecule has 1 aliphatic heterocycles. The van der Waals surface area contributed by atoms with E-state index in [1.54, 1.807) is 0 Å². The van der Waals surface area contributed by atoms with Crippen molar-refractivity contribution in [2.24, 2.45) is 5.92 Å². The van der Waals surface area contributed by atoms with Gasteiger partial charge in [-0.2, -0.15) is 0 Å². The third kappa shape index (κ3) is 6.98. The molecule has 1 atom stereocenters. The lowest BCUT2D eigenvalue weighted by Crippen LogP contribution is -2.43. The summed E-state index contributed by atoms with van der Waals surface area (Å²) in [5.74, 6) is 0.815. The van der Waals surface area contributed by atoms with Crippen molar-refractivity contribution < 1.29 is 9.59 Å². The molecule has 2 amide bonds. The third-order valence-electron chi connectivity index (χ3n) is 5.53. The van der Waals surface area contributed by atoms with Gasteiger partial charge in [0.05, 0.1) is 6.54 Å². The van der Waals surface area contributed by atoms with Crippen LogP contribution < -0.4 is 10.6 Å². The molecule has 1 aromatic carbocycles. The highest BCUT2D eigenvalue weighted by atomic mass is 16.2. The van der Waals surface area contributed by atoms with E-state index in [2.05, 4.69) is 48.4 Å². The molecule has 0 aromatic heterocycles. The average Bonchev–Trinajstić information content (AvgIpc) is 2.68. The van der Waals surface area contributed by atoms with E-state index < -0.39 is 0 Å². The highest BCUT2D eigenvalue weighted by Gasteiger charge is 2.25. The van der Waals surface area contributed by atoms with Gasteiger partial charge in [-0.15, -0.1) is 0 Å². The van der Waals surface area contributed by atoms with Crippen molar-refractivity contribution in [1.82, 2.24) is 10.2 Å². The van der Waals surface area contributed by atoms with Gasteiger partial charge in [-0.25, -0.2) is 0 Å². The van der Waals surface area contributed by atoms with Gasteiger partial charge in [0.15, 0.2) is 0 Å². The lowest BCUT2D eigenvalue weighted by atomic mass is 9.96. The van der Waals surface area contributed by atoms with Crippen LogP contribution in [0.15, 0.2) is 24.3 Å². The van der Waals surface area contributed by atoms with Gasteiger partial charge in [-0.1, -0.05) is 39.3 Å². The van der Waals surface area contributed by atoms with E-state index >= 15 is 0 Å². The van der Waals surface area contributed by atoms with Crippen LogP contribution in [0.3, 0.4) is 0 Å². The van der Waals surface area contributed by atoms with Crippen LogP contribution in [0.1, 0.15) is 64.4 Å². The molecule has 1 aliphatic rings. The minimum atomic E-state index is 0.0112. The molecule has 2 rings (SSSR count). The van der Waals surface area contributed by atoms with Crippen LogP contribution >= 0.6 is 0 Å².